The molecule has 1 saturated heterocycles. The molecule has 2 rings (SSSR count). The van der Waals surface area contributed by atoms with Crippen molar-refractivity contribution in [2.75, 3.05) is 11.4 Å². The van der Waals surface area contributed by atoms with Gasteiger partial charge in [-0.25, -0.2) is 0 Å². The van der Waals surface area contributed by atoms with E-state index in [1.54, 1.807) is 0 Å². The summed E-state index contributed by atoms with van der Waals surface area (Å²) in [5.41, 5.74) is 1.96. The van der Waals surface area contributed by atoms with Crippen LogP contribution in [0.3, 0.4) is 0 Å². The first-order chi connectivity index (χ1) is 8.22. The molecule has 1 aromatic heterocycles. The van der Waals surface area contributed by atoms with Crippen LogP contribution in [0, 0.1) is 0 Å². The molecule has 0 saturated carbocycles. The Morgan fingerprint density at radius 2 is 2.29 bits per heavy atom. The van der Waals surface area contributed by atoms with Crippen molar-refractivity contribution in [1.29, 1.82) is 0 Å². The van der Waals surface area contributed by atoms with Crippen LogP contribution < -0.4 is 4.90 Å². The Bertz CT molecular complexity index is 350. The molecule has 1 unspecified atom stereocenters. The second-order valence-electron chi connectivity index (χ2n) is 4.90. The molecule has 2 heterocycles. The Balaban J connectivity index is 2.11. The van der Waals surface area contributed by atoms with Gasteiger partial charge in [-0.15, -0.1) is 0 Å². The van der Waals surface area contributed by atoms with Crippen molar-refractivity contribution >= 4 is 5.69 Å². The standard InChI is InChI=1S/C14H22N2O/c1-3-14(17)13-8-7-12(10-15-13)16-9-5-4-6-11(16)2/h7-8,10-11,14,17H,3-6,9H2,1-2H3/t11?,14-/m1/s1. The number of aromatic nitrogens is 1. The summed E-state index contributed by atoms with van der Waals surface area (Å²) in [6.45, 7) is 5.36. The number of anilines is 1. The van der Waals surface area contributed by atoms with Crippen molar-refractivity contribution in [3.05, 3.63) is 24.0 Å². The Kier molecular flexibility index (Phi) is 4.00. The van der Waals surface area contributed by atoms with Crippen LogP contribution in [0.15, 0.2) is 18.3 Å². The predicted molar refractivity (Wildman–Crippen MR) is 70.1 cm³/mol. The summed E-state index contributed by atoms with van der Waals surface area (Å²) in [6.07, 6.45) is 6.05. The van der Waals surface area contributed by atoms with E-state index in [2.05, 4.69) is 22.9 Å². The van der Waals surface area contributed by atoms with Crippen LogP contribution in [0.25, 0.3) is 0 Å². The number of rotatable bonds is 3. The molecule has 1 N–H and O–H groups in total. The van der Waals surface area contributed by atoms with Crippen LogP contribution in [0.4, 0.5) is 5.69 Å². The zero-order valence-corrected chi connectivity index (χ0v) is 10.8. The summed E-state index contributed by atoms with van der Waals surface area (Å²) in [7, 11) is 0. The lowest BCUT2D eigenvalue weighted by Crippen LogP contribution is -2.37. The van der Waals surface area contributed by atoms with Crippen molar-refractivity contribution in [1.82, 2.24) is 4.98 Å². The molecule has 2 atom stereocenters. The summed E-state index contributed by atoms with van der Waals surface area (Å²) >= 11 is 0. The minimum Gasteiger partial charge on any atom is -0.387 e. The molecule has 17 heavy (non-hydrogen) atoms. The average Bonchev–Trinajstić information content (AvgIpc) is 2.39. The molecule has 0 aliphatic carbocycles. The largest absolute Gasteiger partial charge is 0.387 e. The van der Waals surface area contributed by atoms with Crippen molar-refractivity contribution < 1.29 is 5.11 Å². The van der Waals surface area contributed by atoms with E-state index in [1.165, 1.54) is 24.9 Å². The van der Waals surface area contributed by atoms with Gasteiger partial charge in [-0.2, -0.15) is 0 Å². The van der Waals surface area contributed by atoms with E-state index in [0.29, 0.717) is 12.5 Å². The molecule has 0 amide bonds. The zero-order valence-electron chi connectivity index (χ0n) is 10.8. The van der Waals surface area contributed by atoms with Crippen LogP contribution >= 0.6 is 0 Å². The minimum absolute atomic E-state index is 0.428. The molecule has 0 spiro atoms. The molecule has 3 heteroatoms. The quantitative estimate of drug-likeness (QED) is 0.873. The normalized spacial score (nSPS) is 22.5. The maximum absolute atomic E-state index is 9.71. The molecule has 94 valence electrons. The molecular weight excluding hydrogens is 212 g/mol. The Morgan fingerprint density at radius 3 is 2.88 bits per heavy atom. The maximum Gasteiger partial charge on any atom is 0.0957 e. The van der Waals surface area contributed by atoms with E-state index < -0.39 is 6.10 Å². The van der Waals surface area contributed by atoms with Gasteiger partial charge in [-0.3, -0.25) is 4.98 Å². The number of hydrogen-bond donors (Lipinski definition) is 1. The third-order valence-corrected chi connectivity index (χ3v) is 3.63. The zero-order chi connectivity index (χ0) is 12.3. The highest BCUT2D eigenvalue weighted by Gasteiger charge is 2.18. The second-order valence-corrected chi connectivity index (χ2v) is 4.90. The minimum atomic E-state index is -0.428. The van der Waals surface area contributed by atoms with E-state index in [-0.39, 0.29) is 0 Å². The lowest BCUT2D eigenvalue weighted by Gasteiger charge is -2.35. The molecule has 0 aromatic carbocycles. The van der Waals surface area contributed by atoms with E-state index in [4.69, 9.17) is 0 Å². The van der Waals surface area contributed by atoms with Gasteiger partial charge in [0, 0.05) is 12.6 Å². The van der Waals surface area contributed by atoms with E-state index in [1.807, 2.05) is 19.2 Å². The van der Waals surface area contributed by atoms with Crippen molar-refractivity contribution in [3.8, 4) is 0 Å². The lowest BCUT2D eigenvalue weighted by molar-refractivity contribution is 0.169. The number of aliphatic hydroxyl groups is 1. The highest BCUT2D eigenvalue weighted by molar-refractivity contribution is 5.46. The van der Waals surface area contributed by atoms with Crippen LogP contribution in [-0.2, 0) is 0 Å². The number of hydrogen-bond acceptors (Lipinski definition) is 3. The third kappa shape index (κ3) is 2.78. The highest BCUT2D eigenvalue weighted by atomic mass is 16.3. The highest BCUT2D eigenvalue weighted by Crippen LogP contribution is 2.25. The van der Waals surface area contributed by atoms with Gasteiger partial charge in [0.25, 0.3) is 0 Å². The topological polar surface area (TPSA) is 36.4 Å². The summed E-state index contributed by atoms with van der Waals surface area (Å²) in [5, 5.41) is 9.71. The number of pyridine rings is 1. The van der Waals surface area contributed by atoms with Gasteiger partial charge in [-0.1, -0.05) is 6.92 Å². The first-order valence-corrected chi connectivity index (χ1v) is 6.63. The molecule has 1 fully saturated rings. The number of piperidine rings is 1. The predicted octanol–water partition coefficient (Wildman–Crippen LogP) is 2.90. The Hall–Kier alpha value is -1.09. The van der Waals surface area contributed by atoms with Gasteiger partial charge in [0.1, 0.15) is 0 Å². The van der Waals surface area contributed by atoms with Gasteiger partial charge in [0.15, 0.2) is 0 Å². The van der Waals surface area contributed by atoms with Crippen molar-refractivity contribution in [3.63, 3.8) is 0 Å². The first-order valence-electron chi connectivity index (χ1n) is 6.63. The Morgan fingerprint density at radius 1 is 1.47 bits per heavy atom. The van der Waals surface area contributed by atoms with Crippen LogP contribution in [0.1, 0.15) is 51.3 Å². The van der Waals surface area contributed by atoms with Crippen molar-refractivity contribution in [2.24, 2.45) is 0 Å². The first kappa shape index (κ1) is 12.4. The molecule has 0 radical (unpaired) electrons. The van der Waals surface area contributed by atoms with Crippen LogP contribution in [0.5, 0.6) is 0 Å². The molecule has 0 bridgehead atoms. The maximum atomic E-state index is 9.71. The average molecular weight is 234 g/mol. The number of aliphatic hydroxyl groups excluding tert-OH is 1. The van der Waals surface area contributed by atoms with Gasteiger partial charge in [-0.05, 0) is 44.7 Å². The summed E-state index contributed by atoms with van der Waals surface area (Å²) in [4.78, 5) is 6.78. The fourth-order valence-electron chi connectivity index (χ4n) is 2.46. The van der Waals surface area contributed by atoms with Crippen LogP contribution in [0.2, 0.25) is 0 Å². The van der Waals surface area contributed by atoms with Gasteiger partial charge >= 0.3 is 0 Å². The summed E-state index contributed by atoms with van der Waals surface area (Å²) in [6, 6.07) is 4.64. The van der Waals surface area contributed by atoms with Crippen LogP contribution in [-0.4, -0.2) is 22.7 Å². The second kappa shape index (κ2) is 5.50. The fourth-order valence-corrected chi connectivity index (χ4v) is 2.46. The van der Waals surface area contributed by atoms with Gasteiger partial charge in [0.2, 0.25) is 0 Å². The van der Waals surface area contributed by atoms with Crippen molar-refractivity contribution in [2.45, 2.75) is 51.7 Å². The smallest absolute Gasteiger partial charge is 0.0957 e. The SMILES string of the molecule is CC[C@@H](O)c1ccc(N2CCCCC2C)cn1. The lowest BCUT2D eigenvalue weighted by atomic mass is 10.0. The summed E-state index contributed by atoms with van der Waals surface area (Å²) in [5.74, 6) is 0. The third-order valence-electron chi connectivity index (χ3n) is 3.63. The van der Waals surface area contributed by atoms with E-state index in [9.17, 15) is 5.11 Å². The molecule has 1 aliphatic heterocycles. The summed E-state index contributed by atoms with van der Waals surface area (Å²) < 4.78 is 0. The fraction of sp³-hybridized carbons (Fsp3) is 0.643. The molecular formula is C14H22N2O. The van der Waals surface area contributed by atoms with Gasteiger partial charge < -0.3 is 10.0 Å². The molecule has 3 nitrogen and oxygen atoms in total. The van der Waals surface area contributed by atoms with Gasteiger partial charge in [0.05, 0.1) is 23.7 Å². The molecule has 1 aromatic rings. The monoisotopic (exact) mass is 234 g/mol. The molecule has 1 aliphatic rings. The Labute approximate surface area is 103 Å². The van der Waals surface area contributed by atoms with E-state index in [0.717, 1.165) is 12.2 Å². The van der Waals surface area contributed by atoms with E-state index >= 15 is 0 Å². The number of nitrogens with zero attached hydrogens (tertiary/aromatic N) is 2.